The van der Waals surface area contributed by atoms with Gasteiger partial charge < -0.3 is 15.2 Å². The fourth-order valence-corrected chi connectivity index (χ4v) is 2.35. The highest BCUT2D eigenvalue weighted by Crippen LogP contribution is 2.21. The molecule has 118 valence electrons. The highest BCUT2D eigenvalue weighted by molar-refractivity contribution is 5.99. The monoisotopic (exact) mass is 310 g/mol. The number of anilines is 1. The molecule has 7 nitrogen and oxygen atoms in total. The van der Waals surface area contributed by atoms with E-state index in [1.54, 1.807) is 6.33 Å². The summed E-state index contributed by atoms with van der Waals surface area (Å²) >= 11 is 0. The number of carbonyl (C=O) groups is 1. The Hall–Kier alpha value is -2.96. The van der Waals surface area contributed by atoms with Crippen molar-refractivity contribution in [2.75, 3.05) is 5.32 Å². The van der Waals surface area contributed by atoms with E-state index in [-0.39, 0.29) is 6.03 Å². The number of carbonyl (C=O) groups excluding carboxylic acids is 1. The molecule has 7 heteroatoms. The largest absolute Gasteiger partial charge is 0.331 e. The maximum absolute atomic E-state index is 12.1. The highest BCUT2D eigenvalue weighted by Gasteiger charge is 2.08. The molecule has 0 aliphatic carbocycles. The lowest BCUT2D eigenvalue weighted by Gasteiger charge is -2.10. The summed E-state index contributed by atoms with van der Waals surface area (Å²) in [6.45, 7) is 5.00. The van der Waals surface area contributed by atoms with Gasteiger partial charge in [0.05, 0.1) is 17.7 Å². The standard InChI is InChI=1S/C16H18N6O/c1-3-22-10-18-21-14(22)9-17-16(23)20-13-6-4-5-12-8-7-11(2)19-15(12)13/h4-8,10H,3,9H2,1-2H3,(H2,17,20,23). The number of fused-ring (bicyclic) bond motifs is 1. The fourth-order valence-electron chi connectivity index (χ4n) is 2.35. The van der Waals surface area contributed by atoms with Crippen molar-refractivity contribution in [3.63, 3.8) is 0 Å². The molecule has 3 rings (SSSR count). The molecule has 0 bridgehead atoms. The Morgan fingerprint density at radius 3 is 2.96 bits per heavy atom. The second kappa shape index (κ2) is 6.43. The zero-order valence-electron chi connectivity index (χ0n) is 13.1. The van der Waals surface area contributed by atoms with E-state index >= 15 is 0 Å². The van der Waals surface area contributed by atoms with E-state index in [4.69, 9.17) is 0 Å². The molecule has 0 unspecified atom stereocenters. The number of pyridine rings is 1. The van der Waals surface area contributed by atoms with Crippen LogP contribution in [0.25, 0.3) is 10.9 Å². The summed E-state index contributed by atoms with van der Waals surface area (Å²) in [6, 6.07) is 9.33. The maximum atomic E-state index is 12.1. The van der Waals surface area contributed by atoms with Gasteiger partial charge in [-0.2, -0.15) is 0 Å². The Morgan fingerprint density at radius 2 is 2.13 bits per heavy atom. The summed E-state index contributed by atoms with van der Waals surface area (Å²) in [5.74, 6) is 0.717. The summed E-state index contributed by atoms with van der Waals surface area (Å²) in [5.41, 5.74) is 2.36. The van der Waals surface area contributed by atoms with Gasteiger partial charge in [-0.1, -0.05) is 18.2 Å². The van der Waals surface area contributed by atoms with E-state index in [0.717, 1.165) is 29.0 Å². The fraction of sp³-hybridized carbons (Fsp3) is 0.250. The van der Waals surface area contributed by atoms with E-state index in [1.165, 1.54) is 0 Å². The Balaban J connectivity index is 1.72. The van der Waals surface area contributed by atoms with Gasteiger partial charge in [-0.15, -0.1) is 10.2 Å². The first-order chi connectivity index (χ1) is 11.2. The topological polar surface area (TPSA) is 84.7 Å². The zero-order chi connectivity index (χ0) is 16.2. The average Bonchev–Trinajstić information content (AvgIpc) is 3.01. The first-order valence-electron chi connectivity index (χ1n) is 7.45. The van der Waals surface area contributed by atoms with Crippen LogP contribution in [0.3, 0.4) is 0 Å². The lowest BCUT2D eigenvalue weighted by atomic mass is 10.2. The van der Waals surface area contributed by atoms with E-state index in [9.17, 15) is 4.79 Å². The van der Waals surface area contributed by atoms with Crippen molar-refractivity contribution in [3.05, 3.63) is 48.2 Å². The van der Waals surface area contributed by atoms with Crippen molar-refractivity contribution in [3.8, 4) is 0 Å². The van der Waals surface area contributed by atoms with Crippen LogP contribution in [-0.4, -0.2) is 25.8 Å². The third-order valence-corrected chi connectivity index (χ3v) is 3.55. The maximum Gasteiger partial charge on any atom is 0.319 e. The van der Waals surface area contributed by atoms with Gasteiger partial charge in [-0.25, -0.2) is 4.79 Å². The van der Waals surface area contributed by atoms with Gasteiger partial charge in [0.1, 0.15) is 6.33 Å². The Labute approximate surface area is 133 Å². The van der Waals surface area contributed by atoms with Gasteiger partial charge in [-0.05, 0) is 26.0 Å². The number of hydrogen-bond acceptors (Lipinski definition) is 4. The molecule has 0 spiro atoms. The van der Waals surface area contributed by atoms with Crippen LogP contribution in [-0.2, 0) is 13.1 Å². The lowest BCUT2D eigenvalue weighted by Crippen LogP contribution is -2.29. The molecule has 2 aromatic heterocycles. The SMILES string of the molecule is CCn1cnnc1CNC(=O)Nc1cccc2ccc(C)nc12. The second-order valence-corrected chi connectivity index (χ2v) is 5.17. The number of nitrogens with zero attached hydrogens (tertiary/aromatic N) is 4. The second-order valence-electron chi connectivity index (χ2n) is 5.17. The quantitative estimate of drug-likeness (QED) is 0.775. The first-order valence-corrected chi connectivity index (χ1v) is 7.45. The van der Waals surface area contributed by atoms with Crippen LogP contribution in [0.1, 0.15) is 18.4 Å². The van der Waals surface area contributed by atoms with Crippen molar-refractivity contribution in [2.45, 2.75) is 26.9 Å². The summed E-state index contributed by atoms with van der Waals surface area (Å²) in [4.78, 5) is 16.6. The number of aryl methyl sites for hydroxylation is 2. The molecule has 2 N–H and O–H groups in total. The van der Waals surface area contributed by atoms with Crippen molar-refractivity contribution in [1.29, 1.82) is 0 Å². The van der Waals surface area contributed by atoms with Crippen molar-refractivity contribution in [1.82, 2.24) is 25.1 Å². The molecule has 0 aliphatic heterocycles. The molecule has 0 saturated carbocycles. The number of para-hydroxylation sites is 1. The van der Waals surface area contributed by atoms with Crippen LogP contribution in [0.2, 0.25) is 0 Å². The molecule has 0 fully saturated rings. The molecule has 0 radical (unpaired) electrons. The van der Waals surface area contributed by atoms with Crippen molar-refractivity contribution in [2.24, 2.45) is 0 Å². The van der Waals surface area contributed by atoms with Gasteiger partial charge in [-0.3, -0.25) is 4.98 Å². The van der Waals surface area contributed by atoms with Crippen LogP contribution in [0.15, 0.2) is 36.7 Å². The number of benzene rings is 1. The van der Waals surface area contributed by atoms with E-state index in [2.05, 4.69) is 25.8 Å². The molecule has 0 aliphatic rings. The molecule has 0 atom stereocenters. The summed E-state index contributed by atoms with van der Waals surface area (Å²) in [6.07, 6.45) is 1.65. The molecule has 1 aromatic carbocycles. The van der Waals surface area contributed by atoms with E-state index < -0.39 is 0 Å². The molecule has 3 aromatic rings. The van der Waals surface area contributed by atoms with Crippen LogP contribution < -0.4 is 10.6 Å². The molecule has 23 heavy (non-hydrogen) atoms. The van der Waals surface area contributed by atoms with Crippen molar-refractivity contribution < 1.29 is 4.79 Å². The predicted octanol–water partition coefficient (Wildman–Crippen LogP) is 2.48. The van der Waals surface area contributed by atoms with Gasteiger partial charge in [0.15, 0.2) is 5.82 Å². The molecule has 0 saturated heterocycles. The first kappa shape index (κ1) is 15.0. The van der Waals surface area contributed by atoms with E-state index in [1.807, 2.05) is 48.7 Å². The minimum Gasteiger partial charge on any atom is -0.331 e. The molecule has 2 heterocycles. The minimum absolute atomic E-state index is 0.300. The minimum atomic E-state index is -0.300. The van der Waals surface area contributed by atoms with Gasteiger partial charge in [0.25, 0.3) is 0 Å². The number of hydrogen-bond donors (Lipinski definition) is 2. The Kier molecular flexibility index (Phi) is 4.18. The Bertz CT molecular complexity index is 841. The lowest BCUT2D eigenvalue weighted by molar-refractivity contribution is 0.251. The average molecular weight is 310 g/mol. The summed E-state index contributed by atoms with van der Waals surface area (Å²) in [7, 11) is 0. The molecular weight excluding hydrogens is 292 g/mol. The van der Waals surface area contributed by atoms with Crippen LogP contribution in [0.5, 0.6) is 0 Å². The number of aromatic nitrogens is 4. The predicted molar refractivity (Wildman–Crippen MR) is 88.0 cm³/mol. The number of amides is 2. The third kappa shape index (κ3) is 3.28. The third-order valence-electron chi connectivity index (χ3n) is 3.55. The zero-order valence-corrected chi connectivity index (χ0v) is 13.1. The highest BCUT2D eigenvalue weighted by atomic mass is 16.2. The van der Waals surface area contributed by atoms with Crippen LogP contribution in [0, 0.1) is 6.92 Å². The molecular formula is C16H18N6O. The van der Waals surface area contributed by atoms with Gasteiger partial charge in [0.2, 0.25) is 0 Å². The van der Waals surface area contributed by atoms with Gasteiger partial charge >= 0.3 is 6.03 Å². The Morgan fingerprint density at radius 1 is 1.26 bits per heavy atom. The summed E-state index contributed by atoms with van der Waals surface area (Å²) < 4.78 is 1.88. The van der Waals surface area contributed by atoms with Crippen LogP contribution in [0.4, 0.5) is 10.5 Å². The number of rotatable bonds is 4. The number of nitrogens with one attached hydrogen (secondary N) is 2. The van der Waals surface area contributed by atoms with Crippen LogP contribution >= 0.6 is 0 Å². The smallest absolute Gasteiger partial charge is 0.319 e. The summed E-state index contributed by atoms with van der Waals surface area (Å²) in [5, 5.41) is 14.4. The molecule has 2 amide bonds. The van der Waals surface area contributed by atoms with E-state index in [0.29, 0.717) is 12.2 Å². The number of urea groups is 1. The normalized spacial score (nSPS) is 10.7. The van der Waals surface area contributed by atoms with Crippen molar-refractivity contribution >= 4 is 22.6 Å². The van der Waals surface area contributed by atoms with Gasteiger partial charge in [0, 0.05) is 17.6 Å².